The van der Waals surface area contributed by atoms with Crippen LogP contribution in [0.25, 0.3) is 0 Å². The molecule has 19 heavy (non-hydrogen) atoms. The van der Waals surface area contributed by atoms with Crippen LogP contribution in [0, 0.1) is 0 Å². The number of ketones is 1. The lowest BCUT2D eigenvalue weighted by molar-refractivity contribution is -0.110. The summed E-state index contributed by atoms with van der Waals surface area (Å²) in [5.74, 6) is -0.368. The van der Waals surface area contributed by atoms with Gasteiger partial charge in [-0.1, -0.05) is 58.0 Å². The number of nitrogens with one attached hydrogen (secondary N) is 1. The molecule has 1 aromatic rings. The van der Waals surface area contributed by atoms with E-state index >= 15 is 0 Å². The summed E-state index contributed by atoms with van der Waals surface area (Å²) < 4.78 is -1.80. The van der Waals surface area contributed by atoms with E-state index in [0.29, 0.717) is 11.4 Å². The summed E-state index contributed by atoms with van der Waals surface area (Å²) in [6.07, 6.45) is 0.167. The van der Waals surface area contributed by atoms with Crippen molar-refractivity contribution in [2.24, 2.45) is 0 Å². The van der Waals surface area contributed by atoms with Gasteiger partial charge >= 0.3 is 0 Å². The lowest BCUT2D eigenvalue weighted by Gasteiger charge is -2.23. The largest absolute Gasteiger partial charge is 0.351 e. The molecule has 0 bridgehead atoms. The standard InChI is InChI=1S/C11H8Cl5NO2/c12-6-1-2-7(8(13)3-6)9(19)4-10(17-5-18)11(14,15)16/h1-3,5,10H,4H2,(H,17,18)/t10-/m0/s1. The number of halogens is 5. The lowest BCUT2D eigenvalue weighted by atomic mass is 10.0. The van der Waals surface area contributed by atoms with E-state index in [1.807, 2.05) is 0 Å². The molecule has 8 heteroatoms. The van der Waals surface area contributed by atoms with Gasteiger partial charge in [0.25, 0.3) is 0 Å². The first kappa shape index (κ1) is 16.9. The van der Waals surface area contributed by atoms with Crippen molar-refractivity contribution in [1.82, 2.24) is 5.32 Å². The molecule has 0 radical (unpaired) electrons. The predicted octanol–water partition coefficient (Wildman–Crippen LogP) is 4.05. The molecular weight excluding hydrogens is 355 g/mol. The highest BCUT2D eigenvalue weighted by atomic mass is 35.6. The second-order valence-corrected chi connectivity index (χ2v) is 6.84. The predicted molar refractivity (Wildman–Crippen MR) is 78.7 cm³/mol. The molecule has 0 aromatic heterocycles. The van der Waals surface area contributed by atoms with Crippen molar-refractivity contribution in [2.45, 2.75) is 16.3 Å². The average Bonchev–Trinajstić information content (AvgIpc) is 2.26. The molecule has 0 heterocycles. The molecule has 0 saturated carbocycles. The fourth-order valence-corrected chi connectivity index (χ4v) is 2.30. The zero-order chi connectivity index (χ0) is 14.6. The van der Waals surface area contributed by atoms with E-state index in [-0.39, 0.29) is 22.8 Å². The van der Waals surface area contributed by atoms with Crippen molar-refractivity contribution >= 4 is 70.2 Å². The summed E-state index contributed by atoms with van der Waals surface area (Å²) >= 11 is 28.7. The molecule has 1 atom stereocenters. The molecule has 0 spiro atoms. The van der Waals surface area contributed by atoms with Gasteiger partial charge in [0.1, 0.15) is 0 Å². The van der Waals surface area contributed by atoms with Gasteiger partial charge in [0.05, 0.1) is 11.1 Å². The fraction of sp³-hybridized carbons (Fsp3) is 0.273. The molecular formula is C11H8Cl5NO2. The summed E-state index contributed by atoms with van der Waals surface area (Å²) in [7, 11) is 0. The summed E-state index contributed by atoms with van der Waals surface area (Å²) in [6.45, 7) is 0. The van der Waals surface area contributed by atoms with Crippen LogP contribution >= 0.6 is 58.0 Å². The lowest BCUT2D eigenvalue weighted by Crippen LogP contribution is -2.41. The number of Topliss-reactive ketones (excluding diaryl/α,β-unsaturated/α-hetero) is 1. The second-order valence-electron chi connectivity index (χ2n) is 3.63. The van der Waals surface area contributed by atoms with Crippen LogP contribution in [0.15, 0.2) is 18.2 Å². The molecule has 3 nitrogen and oxygen atoms in total. The minimum Gasteiger partial charge on any atom is -0.351 e. The molecule has 1 amide bonds. The highest BCUT2D eigenvalue weighted by molar-refractivity contribution is 6.68. The molecule has 0 saturated heterocycles. The van der Waals surface area contributed by atoms with Crippen LogP contribution < -0.4 is 5.32 Å². The van der Waals surface area contributed by atoms with Crippen molar-refractivity contribution in [1.29, 1.82) is 0 Å². The summed E-state index contributed by atoms with van der Waals surface area (Å²) in [4.78, 5) is 22.5. The maximum absolute atomic E-state index is 12.0. The third-order valence-corrected chi connectivity index (χ3v) is 3.62. The van der Waals surface area contributed by atoms with Crippen LogP contribution in [0.2, 0.25) is 10.0 Å². The van der Waals surface area contributed by atoms with Crippen molar-refractivity contribution < 1.29 is 9.59 Å². The van der Waals surface area contributed by atoms with E-state index < -0.39 is 9.83 Å². The van der Waals surface area contributed by atoms with Crippen LogP contribution in [0.3, 0.4) is 0 Å². The highest BCUT2D eigenvalue weighted by Gasteiger charge is 2.34. The number of amides is 1. The zero-order valence-electron chi connectivity index (χ0n) is 9.30. The van der Waals surface area contributed by atoms with Crippen LogP contribution in [-0.4, -0.2) is 22.0 Å². The Hall–Kier alpha value is -0.190. The minimum atomic E-state index is -1.80. The van der Waals surface area contributed by atoms with Gasteiger partial charge in [0.15, 0.2) is 5.78 Å². The minimum absolute atomic E-state index is 0.198. The van der Waals surface area contributed by atoms with E-state index in [1.165, 1.54) is 18.2 Å². The van der Waals surface area contributed by atoms with E-state index in [4.69, 9.17) is 58.0 Å². The normalized spacial score (nSPS) is 12.9. The quantitative estimate of drug-likeness (QED) is 0.487. The maximum atomic E-state index is 12.0. The molecule has 0 fully saturated rings. The van der Waals surface area contributed by atoms with E-state index in [9.17, 15) is 9.59 Å². The summed E-state index contributed by atoms with van der Waals surface area (Å²) in [5.41, 5.74) is 0.248. The zero-order valence-corrected chi connectivity index (χ0v) is 13.1. The van der Waals surface area contributed by atoms with Crippen LogP contribution in [0.5, 0.6) is 0 Å². The number of carbonyl (C=O) groups excluding carboxylic acids is 2. The number of alkyl halides is 3. The monoisotopic (exact) mass is 361 g/mol. The third-order valence-electron chi connectivity index (χ3n) is 2.29. The maximum Gasteiger partial charge on any atom is 0.210 e. The fourth-order valence-electron chi connectivity index (χ4n) is 1.36. The van der Waals surface area contributed by atoms with E-state index in [2.05, 4.69) is 5.32 Å². The van der Waals surface area contributed by atoms with E-state index in [0.717, 1.165) is 0 Å². The molecule has 1 N–H and O–H groups in total. The van der Waals surface area contributed by atoms with Crippen molar-refractivity contribution in [2.75, 3.05) is 0 Å². The van der Waals surface area contributed by atoms with Gasteiger partial charge in [0.2, 0.25) is 10.2 Å². The molecule has 0 aliphatic carbocycles. The van der Waals surface area contributed by atoms with Gasteiger partial charge in [-0.3, -0.25) is 9.59 Å². The van der Waals surface area contributed by atoms with Gasteiger partial charge in [0, 0.05) is 17.0 Å². The van der Waals surface area contributed by atoms with Crippen molar-refractivity contribution in [3.05, 3.63) is 33.8 Å². The molecule has 0 unspecified atom stereocenters. The van der Waals surface area contributed by atoms with Crippen LogP contribution in [0.4, 0.5) is 0 Å². The smallest absolute Gasteiger partial charge is 0.210 e. The van der Waals surface area contributed by atoms with Gasteiger partial charge in [-0.05, 0) is 18.2 Å². The third kappa shape index (κ3) is 5.01. The number of hydrogen-bond acceptors (Lipinski definition) is 2. The first-order chi connectivity index (χ1) is 8.75. The molecule has 104 valence electrons. The first-order valence-corrected chi connectivity index (χ1v) is 6.89. The summed E-state index contributed by atoms with van der Waals surface area (Å²) in [5, 5.41) is 2.90. The topological polar surface area (TPSA) is 46.2 Å². The highest BCUT2D eigenvalue weighted by Crippen LogP contribution is 2.33. The van der Waals surface area contributed by atoms with Gasteiger partial charge in [-0.25, -0.2) is 0 Å². The Morgan fingerprint density at radius 3 is 2.42 bits per heavy atom. The number of carbonyl (C=O) groups is 2. The van der Waals surface area contributed by atoms with Gasteiger partial charge in [-0.15, -0.1) is 0 Å². The molecule has 1 rings (SSSR count). The first-order valence-electron chi connectivity index (χ1n) is 5.00. The van der Waals surface area contributed by atoms with Crippen molar-refractivity contribution in [3.8, 4) is 0 Å². The van der Waals surface area contributed by atoms with Crippen molar-refractivity contribution in [3.63, 3.8) is 0 Å². The van der Waals surface area contributed by atoms with Crippen LogP contribution in [-0.2, 0) is 4.79 Å². The average molecular weight is 363 g/mol. The Morgan fingerprint density at radius 1 is 1.32 bits per heavy atom. The number of benzene rings is 1. The van der Waals surface area contributed by atoms with Crippen LogP contribution in [0.1, 0.15) is 16.8 Å². The Morgan fingerprint density at radius 2 is 1.95 bits per heavy atom. The SMILES string of the molecule is O=CN[C@@H](CC(=O)c1ccc(Cl)cc1Cl)C(Cl)(Cl)Cl. The Bertz CT molecular complexity index is 486. The summed E-state index contributed by atoms with van der Waals surface area (Å²) in [6, 6.07) is 3.49. The molecule has 0 aliphatic rings. The molecule has 1 aromatic carbocycles. The number of rotatable bonds is 5. The second kappa shape index (κ2) is 7.00. The van der Waals surface area contributed by atoms with E-state index in [1.54, 1.807) is 0 Å². The van der Waals surface area contributed by atoms with Gasteiger partial charge < -0.3 is 5.32 Å². The Kier molecular flexibility index (Phi) is 6.21. The number of hydrogen-bond donors (Lipinski definition) is 1. The molecule has 0 aliphatic heterocycles. The van der Waals surface area contributed by atoms with Gasteiger partial charge in [-0.2, -0.15) is 0 Å². The Balaban J connectivity index is 2.91. The Labute approximate surface area is 135 Å².